The number of nitrogens with zero attached hydrogens (tertiary/aromatic N) is 5. The van der Waals surface area contributed by atoms with Crippen LogP contribution in [0.15, 0.2) is 17.4 Å². The van der Waals surface area contributed by atoms with Gasteiger partial charge in [-0.3, -0.25) is 14.5 Å². The molecule has 3 rings (SSSR count). The third-order valence-electron chi connectivity index (χ3n) is 5.05. The Kier molecular flexibility index (Phi) is 5.37. The van der Waals surface area contributed by atoms with Gasteiger partial charge in [0.1, 0.15) is 6.54 Å². The zero-order valence-corrected chi connectivity index (χ0v) is 14.7. The molecule has 0 bridgehead atoms. The Morgan fingerprint density at radius 3 is 2.79 bits per heavy atom. The van der Waals surface area contributed by atoms with Crippen LogP contribution in [0.3, 0.4) is 0 Å². The highest BCUT2D eigenvalue weighted by atomic mass is 16.2. The van der Waals surface area contributed by atoms with E-state index in [0.717, 1.165) is 30.7 Å². The minimum absolute atomic E-state index is 0.0907. The largest absolute Gasteiger partial charge is 0.356 e. The smallest absolute Gasteiger partial charge is 0.246 e. The summed E-state index contributed by atoms with van der Waals surface area (Å²) in [7, 11) is 3.65. The van der Waals surface area contributed by atoms with Crippen LogP contribution in [-0.2, 0) is 11.8 Å². The highest BCUT2D eigenvalue weighted by Gasteiger charge is 2.27. The van der Waals surface area contributed by atoms with E-state index in [2.05, 4.69) is 15.4 Å². The molecule has 1 aliphatic carbocycles. The van der Waals surface area contributed by atoms with Gasteiger partial charge in [0.05, 0.1) is 11.9 Å². The first-order valence-electron chi connectivity index (χ1n) is 8.92. The van der Waals surface area contributed by atoms with Gasteiger partial charge >= 0.3 is 0 Å². The Bertz CT molecular complexity index is 590. The number of amides is 1. The topological polar surface area (TPSA) is 65.8 Å². The van der Waals surface area contributed by atoms with Crippen LogP contribution in [0.2, 0.25) is 0 Å². The summed E-state index contributed by atoms with van der Waals surface area (Å²) in [4.78, 5) is 20.7. The van der Waals surface area contributed by atoms with Gasteiger partial charge in [-0.25, -0.2) is 0 Å². The maximum atomic E-state index is 12.5. The SMILES string of the molecule is CN=C(NCCC1CCCC1)N1CCN(c2cnn(C)c2)C(=O)C1. The van der Waals surface area contributed by atoms with Crippen molar-refractivity contribution >= 4 is 17.6 Å². The second-order valence-electron chi connectivity index (χ2n) is 6.75. The number of hydrogen-bond acceptors (Lipinski definition) is 3. The molecule has 0 unspecified atom stereocenters. The van der Waals surface area contributed by atoms with Gasteiger partial charge in [0.15, 0.2) is 5.96 Å². The summed E-state index contributed by atoms with van der Waals surface area (Å²) in [5.74, 6) is 1.79. The molecule has 1 saturated heterocycles. The molecule has 0 spiro atoms. The first-order valence-corrected chi connectivity index (χ1v) is 8.92. The number of aryl methyl sites for hydroxylation is 1. The Balaban J connectivity index is 1.50. The zero-order valence-electron chi connectivity index (χ0n) is 14.7. The summed E-state index contributed by atoms with van der Waals surface area (Å²) in [6.07, 6.45) is 10.3. The number of guanidine groups is 1. The zero-order chi connectivity index (χ0) is 16.9. The number of piperazine rings is 1. The van der Waals surface area contributed by atoms with Gasteiger partial charge in [-0.2, -0.15) is 5.10 Å². The summed E-state index contributed by atoms with van der Waals surface area (Å²) in [6, 6.07) is 0. The average molecular weight is 332 g/mol. The lowest BCUT2D eigenvalue weighted by atomic mass is 10.0. The molecule has 0 radical (unpaired) electrons. The molecule has 1 saturated carbocycles. The summed E-state index contributed by atoms with van der Waals surface area (Å²) in [5.41, 5.74) is 0.867. The van der Waals surface area contributed by atoms with Crippen LogP contribution in [0.25, 0.3) is 0 Å². The maximum Gasteiger partial charge on any atom is 0.246 e. The van der Waals surface area contributed by atoms with Crippen molar-refractivity contribution < 1.29 is 4.79 Å². The predicted octanol–water partition coefficient (Wildman–Crippen LogP) is 1.22. The van der Waals surface area contributed by atoms with Gasteiger partial charge in [0, 0.05) is 39.9 Å². The van der Waals surface area contributed by atoms with Crippen molar-refractivity contribution in [3.05, 3.63) is 12.4 Å². The van der Waals surface area contributed by atoms with Crippen molar-refractivity contribution in [3.8, 4) is 0 Å². The molecule has 7 nitrogen and oxygen atoms in total. The molecule has 24 heavy (non-hydrogen) atoms. The van der Waals surface area contributed by atoms with E-state index in [4.69, 9.17) is 0 Å². The van der Waals surface area contributed by atoms with E-state index < -0.39 is 0 Å². The van der Waals surface area contributed by atoms with E-state index in [-0.39, 0.29) is 5.91 Å². The van der Waals surface area contributed by atoms with E-state index >= 15 is 0 Å². The number of anilines is 1. The third-order valence-corrected chi connectivity index (χ3v) is 5.05. The van der Waals surface area contributed by atoms with Crippen LogP contribution in [0, 0.1) is 5.92 Å². The lowest BCUT2D eigenvalue weighted by Gasteiger charge is -2.35. The quantitative estimate of drug-likeness (QED) is 0.665. The lowest BCUT2D eigenvalue weighted by Crippen LogP contribution is -2.55. The fraction of sp³-hybridized carbons (Fsp3) is 0.706. The van der Waals surface area contributed by atoms with Crippen LogP contribution in [0.4, 0.5) is 5.69 Å². The van der Waals surface area contributed by atoms with Crippen LogP contribution in [0.1, 0.15) is 32.1 Å². The second-order valence-corrected chi connectivity index (χ2v) is 6.75. The van der Waals surface area contributed by atoms with Crippen molar-refractivity contribution in [2.75, 3.05) is 38.1 Å². The summed E-state index contributed by atoms with van der Waals surface area (Å²) < 4.78 is 1.72. The van der Waals surface area contributed by atoms with Crippen molar-refractivity contribution in [2.24, 2.45) is 18.0 Å². The molecule has 2 aliphatic rings. The molecule has 1 amide bonds. The number of carbonyl (C=O) groups excluding carboxylic acids is 1. The Hall–Kier alpha value is -2.05. The fourth-order valence-electron chi connectivity index (χ4n) is 3.69. The molecular formula is C17H28N6O. The van der Waals surface area contributed by atoms with Crippen molar-refractivity contribution in [3.63, 3.8) is 0 Å². The first-order chi connectivity index (χ1) is 11.7. The minimum atomic E-state index is 0.0907. The lowest BCUT2D eigenvalue weighted by molar-refractivity contribution is -0.120. The highest BCUT2D eigenvalue weighted by molar-refractivity contribution is 5.98. The number of nitrogens with one attached hydrogen (secondary N) is 1. The number of carbonyl (C=O) groups is 1. The monoisotopic (exact) mass is 332 g/mol. The van der Waals surface area contributed by atoms with Gasteiger partial charge in [-0.15, -0.1) is 0 Å². The van der Waals surface area contributed by atoms with Gasteiger partial charge in [-0.1, -0.05) is 25.7 Å². The number of hydrogen-bond donors (Lipinski definition) is 1. The third kappa shape index (κ3) is 3.88. The fourth-order valence-corrected chi connectivity index (χ4v) is 3.69. The van der Waals surface area contributed by atoms with E-state index in [1.165, 1.54) is 32.1 Å². The molecule has 0 atom stereocenters. The molecule has 2 fully saturated rings. The van der Waals surface area contributed by atoms with E-state index in [9.17, 15) is 4.79 Å². The number of aliphatic imine (C=N–C) groups is 1. The summed E-state index contributed by atoms with van der Waals surface area (Å²) in [5, 5.41) is 7.58. The normalized spacial score (nSPS) is 20.1. The molecule has 1 aliphatic heterocycles. The van der Waals surface area contributed by atoms with Gasteiger partial charge in [-0.05, 0) is 12.3 Å². The van der Waals surface area contributed by atoms with Gasteiger partial charge < -0.3 is 15.1 Å². The second kappa shape index (κ2) is 7.68. The van der Waals surface area contributed by atoms with E-state index in [1.54, 1.807) is 22.8 Å². The standard InChI is InChI=1S/C17H28N6O/c1-18-17(19-8-7-14-5-3-4-6-14)22-9-10-23(16(24)13-22)15-11-20-21(2)12-15/h11-12,14H,3-10,13H2,1-2H3,(H,18,19). The Labute approximate surface area is 143 Å². The first kappa shape index (κ1) is 16.8. The Morgan fingerprint density at radius 2 is 2.17 bits per heavy atom. The van der Waals surface area contributed by atoms with Crippen LogP contribution < -0.4 is 10.2 Å². The van der Waals surface area contributed by atoms with Crippen LogP contribution in [-0.4, -0.2) is 59.8 Å². The molecule has 1 N–H and O–H groups in total. The molecule has 0 aromatic carbocycles. The molecule has 132 valence electrons. The molecular weight excluding hydrogens is 304 g/mol. The van der Waals surface area contributed by atoms with Crippen molar-refractivity contribution in [2.45, 2.75) is 32.1 Å². The van der Waals surface area contributed by atoms with Gasteiger partial charge in [0.25, 0.3) is 0 Å². The maximum absolute atomic E-state index is 12.5. The van der Waals surface area contributed by atoms with Gasteiger partial charge in [0.2, 0.25) is 5.91 Å². The molecule has 1 aromatic heterocycles. The molecule has 2 heterocycles. The summed E-state index contributed by atoms with van der Waals surface area (Å²) in [6.45, 7) is 2.74. The predicted molar refractivity (Wildman–Crippen MR) is 95.1 cm³/mol. The number of aromatic nitrogens is 2. The molecule has 7 heteroatoms. The van der Waals surface area contributed by atoms with Crippen LogP contribution in [0.5, 0.6) is 0 Å². The minimum Gasteiger partial charge on any atom is -0.356 e. The Morgan fingerprint density at radius 1 is 1.38 bits per heavy atom. The number of rotatable bonds is 4. The average Bonchev–Trinajstić information content (AvgIpc) is 3.23. The van der Waals surface area contributed by atoms with Crippen LogP contribution >= 0.6 is 0 Å². The molecule has 1 aromatic rings. The van der Waals surface area contributed by atoms with Crippen molar-refractivity contribution in [1.82, 2.24) is 20.0 Å². The van der Waals surface area contributed by atoms with Crippen molar-refractivity contribution in [1.29, 1.82) is 0 Å². The summed E-state index contributed by atoms with van der Waals surface area (Å²) >= 11 is 0. The highest BCUT2D eigenvalue weighted by Crippen LogP contribution is 2.26. The van der Waals surface area contributed by atoms with E-state index in [0.29, 0.717) is 13.1 Å². The van der Waals surface area contributed by atoms with E-state index in [1.807, 2.05) is 18.1 Å².